The molecule has 62 valence electrons. The molecule has 2 aliphatic rings. The summed E-state index contributed by atoms with van der Waals surface area (Å²) in [5, 5.41) is 2.23. The molecule has 0 aliphatic carbocycles. The second-order valence-electron chi connectivity index (χ2n) is 2.96. The zero-order chi connectivity index (χ0) is 7.90. The molecule has 1 fully saturated rings. The predicted octanol–water partition coefficient (Wildman–Crippen LogP) is 0.859. The summed E-state index contributed by atoms with van der Waals surface area (Å²) in [6, 6.07) is 0. The van der Waals surface area contributed by atoms with Gasteiger partial charge in [-0.1, -0.05) is 5.43 Å². The lowest BCUT2D eigenvalue weighted by Crippen LogP contribution is -2.30. The Hall–Kier alpha value is -0.0300. The molecule has 1 saturated heterocycles. The molecule has 0 saturated carbocycles. The normalized spacial score (nSPS) is 40.2. The maximum absolute atomic E-state index is 5.05. The third kappa shape index (κ3) is 1.02. The fourth-order valence-corrected chi connectivity index (χ4v) is 2.68. The lowest BCUT2D eigenvalue weighted by atomic mass is 10.4. The van der Waals surface area contributed by atoms with E-state index in [2.05, 4.69) is 17.8 Å². The van der Waals surface area contributed by atoms with Gasteiger partial charge in [-0.05, 0) is 11.8 Å². The molecule has 0 bridgehead atoms. The standard InChI is InChI=1S/C7H13N2OS/c1-6-5-11-7-8-9(6,7)3-4-10-2/h5,7-8H,3-4H2,1-2H3/q+1. The van der Waals surface area contributed by atoms with Crippen molar-refractivity contribution in [3.63, 3.8) is 0 Å². The Morgan fingerprint density at radius 1 is 1.82 bits per heavy atom. The van der Waals surface area contributed by atoms with Crippen LogP contribution in [0, 0.1) is 0 Å². The average Bonchev–Trinajstić information content (AvgIpc) is 2.65. The Bertz CT molecular complexity index is 207. The Morgan fingerprint density at radius 3 is 3.09 bits per heavy atom. The number of hydrogen-bond donors (Lipinski definition) is 1. The first kappa shape index (κ1) is 7.61. The van der Waals surface area contributed by atoms with Gasteiger partial charge in [0.2, 0.25) is 0 Å². The van der Waals surface area contributed by atoms with Gasteiger partial charge in [-0.25, -0.2) is 0 Å². The van der Waals surface area contributed by atoms with Crippen LogP contribution in [0.15, 0.2) is 11.1 Å². The van der Waals surface area contributed by atoms with Gasteiger partial charge in [-0.3, -0.25) is 0 Å². The van der Waals surface area contributed by atoms with E-state index in [4.69, 9.17) is 4.74 Å². The highest BCUT2D eigenvalue weighted by molar-refractivity contribution is 8.02. The fraction of sp³-hybridized carbons (Fsp3) is 0.714. The number of nitrogens with zero attached hydrogens (tertiary/aromatic N) is 1. The molecule has 4 heteroatoms. The van der Waals surface area contributed by atoms with Crippen LogP contribution >= 0.6 is 11.8 Å². The van der Waals surface area contributed by atoms with Crippen molar-refractivity contribution in [1.82, 2.24) is 5.43 Å². The number of quaternary nitrogens is 1. The van der Waals surface area contributed by atoms with Crippen molar-refractivity contribution in [3.05, 3.63) is 11.1 Å². The van der Waals surface area contributed by atoms with Crippen LogP contribution in [-0.2, 0) is 4.74 Å². The van der Waals surface area contributed by atoms with Crippen LogP contribution in [-0.4, -0.2) is 30.4 Å². The van der Waals surface area contributed by atoms with Crippen molar-refractivity contribution in [2.45, 2.75) is 12.4 Å². The van der Waals surface area contributed by atoms with Gasteiger partial charge in [0.1, 0.15) is 12.2 Å². The molecule has 0 aromatic rings. The summed E-state index contributed by atoms with van der Waals surface area (Å²) in [5.74, 6) is 0. The van der Waals surface area contributed by atoms with E-state index in [0.717, 1.165) is 17.7 Å². The largest absolute Gasteiger partial charge is 0.379 e. The molecule has 2 rings (SSSR count). The molecule has 3 nitrogen and oxygen atoms in total. The Morgan fingerprint density at radius 2 is 2.64 bits per heavy atom. The second-order valence-corrected chi connectivity index (χ2v) is 3.92. The number of ether oxygens (including phenoxy) is 1. The van der Waals surface area contributed by atoms with Crippen molar-refractivity contribution >= 4 is 11.8 Å². The van der Waals surface area contributed by atoms with E-state index in [1.165, 1.54) is 5.70 Å². The summed E-state index contributed by atoms with van der Waals surface area (Å²) in [4.78, 5) is 0. The molecule has 11 heavy (non-hydrogen) atoms. The summed E-state index contributed by atoms with van der Waals surface area (Å²) in [6.07, 6.45) is 0. The van der Waals surface area contributed by atoms with Crippen LogP contribution < -0.4 is 5.43 Å². The monoisotopic (exact) mass is 173 g/mol. The summed E-state index contributed by atoms with van der Waals surface area (Å²) in [6.45, 7) is 4.05. The van der Waals surface area contributed by atoms with Gasteiger partial charge in [0.05, 0.1) is 6.61 Å². The summed E-state index contributed by atoms with van der Waals surface area (Å²) >= 11 is 1.87. The van der Waals surface area contributed by atoms with E-state index in [1.54, 1.807) is 7.11 Å². The number of methoxy groups -OCH3 is 1. The zero-order valence-electron chi connectivity index (χ0n) is 6.83. The van der Waals surface area contributed by atoms with Crippen LogP contribution in [0.5, 0.6) is 0 Å². The van der Waals surface area contributed by atoms with Gasteiger partial charge >= 0.3 is 0 Å². The van der Waals surface area contributed by atoms with Crippen LogP contribution in [0.4, 0.5) is 0 Å². The lowest BCUT2D eigenvalue weighted by molar-refractivity contribution is -0.788. The maximum Gasteiger partial charge on any atom is 0.259 e. The highest BCUT2D eigenvalue weighted by atomic mass is 32.2. The van der Waals surface area contributed by atoms with Gasteiger partial charge in [-0.2, -0.15) is 4.59 Å². The van der Waals surface area contributed by atoms with E-state index in [-0.39, 0.29) is 0 Å². The minimum Gasteiger partial charge on any atom is -0.379 e. The quantitative estimate of drug-likeness (QED) is 0.507. The van der Waals surface area contributed by atoms with Crippen molar-refractivity contribution in [1.29, 1.82) is 0 Å². The maximum atomic E-state index is 5.05. The summed E-state index contributed by atoms with van der Waals surface area (Å²) in [7, 11) is 1.75. The number of nitrogens with one attached hydrogen (secondary N) is 1. The zero-order valence-corrected chi connectivity index (χ0v) is 7.65. The number of thioether (sulfide) groups is 1. The molecule has 0 spiro atoms. The fourth-order valence-electron chi connectivity index (χ4n) is 1.44. The molecule has 2 unspecified atom stereocenters. The van der Waals surface area contributed by atoms with Gasteiger partial charge in [-0.15, -0.1) is 0 Å². The SMILES string of the molecule is COCC[N+]12NC1SC=C2C. The summed E-state index contributed by atoms with van der Waals surface area (Å²) < 4.78 is 6.01. The lowest BCUT2D eigenvalue weighted by Gasteiger charge is -2.11. The predicted molar refractivity (Wildman–Crippen MR) is 45.3 cm³/mol. The van der Waals surface area contributed by atoms with E-state index < -0.39 is 0 Å². The molecule has 2 heterocycles. The molecule has 2 atom stereocenters. The van der Waals surface area contributed by atoms with Crippen molar-refractivity contribution in [3.8, 4) is 0 Å². The molecule has 0 aromatic heterocycles. The van der Waals surface area contributed by atoms with Crippen LogP contribution in [0.3, 0.4) is 0 Å². The number of rotatable bonds is 3. The number of hydrogen-bond acceptors (Lipinski definition) is 3. The van der Waals surface area contributed by atoms with Gasteiger partial charge in [0.15, 0.2) is 0 Å². The Kier molecular flexibility index (Phi) is 1.72. The molecule has 0 amide bonds. The van der Waals surface area contributed by atoms with Crippen LogP contribution in [0.1, 0.15) is 6.92 Å². The van der Waals surface area contributed by atoms with E-state index in [9.17, 15) is 0 Å². The number of fused-ring (bicyclic) bond motifs is 1. The minimum absolute atomic E-state index is 0.588. The Labute approximate surface area is 71.0 Å². The first-order chi connectivity index (χ1) is 5.29. The first-order valence-electron chi connectivity index (χ1n) is 3.77. The summed E-state index contributed by atoms with van der Waals surface area (Å²) in [5.41, 5.74) is 5.42. The highest BCUT2D eigenvalue weighted by Gasteiger charge is 2.60. The molecular formula is C7H13N2OS+. The molecule has 1 N–H and O–H groups in total. The van der Waals surface area contributed by atoms with E-state index in [0.29, 0.717) is 5.50 Å². The van der Waals surface area contributed by atoms with Gasteiger partial charge < -0.3 is 4.74 Å². The third-order valence-corrected chi connectivity index (χ3v) is 3.52. The van der Waals surface area contributed by atoms with Crippen LogP contribution in [0.25, 0.3) is 0 Å². The van der Waals surface area contributed by atoms with E-state index in [1.807, 2.05) is 11.8 Å². The average molecular weight is 173 g/mol. The first-order valence-corrected chi connectivity index (χ1v) is 4.71. The van der Waals surface area contributed by atoms with E-state index >= 15 is 0 Å². The molecule has 2 aliphatic heterocycles. The van der Waals surface area contributed by atoms with Gasteiger partial charge in [0.25, 0.3) is 5.50 Å². The second kappa shape index (κ2) is 2.48. The van der Waals surface area contributed by atoms with Crippen LogP contribution in [0.2, 0.25) is 0 Å². The minimum atomic E-state index is 0.588. The topological polar surface area (TPSA) is 31.2 Å². The smallest absolute Gasteiger partial charge is 0.259 e. The number of allylic oxidation sites excluding steroid dienone is 1. The van der Waals surface area contributed by atoms with Gasteiger partial charge in [0, 0.05) is 19.4 Å². The van der Waals surface area contributed by atoms with Crippen molar-refractivity contribution < 1.29 is 9.33 Å². The molecular weight excluding hydrogens is 160 g/mol. The highest BCUT2D eigenvalue weighted by Crippen LogP contribution is 2.45. The molecule has 0 aromatic carbocycles. The van der Waals surface area contributed by atoms with Crippen molar-refractivity contribution in [2.24, 2.45) is 0 Å². The Balaban J connectivity index is 1.97. The third-order valence-electron chi connectivity index (χ3n) is 2.32. The molecule has 0 radical (unpaired) electrons. The van der Waals surface area contributed by atoms with Crippen molar-refractivity contribution in [2.75, 3.05) is 20.3 Å².